The Labute approximate surface area is 157 Å². The van der Waals surface area contributed by atoms with E-state index in [9.17, 15) is 28.0 Å². The number of carbonyl (C=O) groups excluding carboxylic acids is 2. The van der Waals surface area contributed by atoms with Crippen LogP contribution in [-0.4, -0.2) is 22.7 Å². The van der Waals surface area contributed by atoms with Crippen molar-refractivity contribution in [2.24, 2.45) is 5.92 Å². The number of halogens is 3. The molecule has 0 spiro atoms. The zero-order valence-electron chi connectivity index (χ0n) is 14.4. The number of carbonyl (C=O) groups is 2. The Morgan fingerprint density at radius 1 is 1.33 bits per heavy atom. The lowest BCUT2D eigenvalue weighted by Gasteiger charge is -2.14. The first-order valence-electron chi connectivity index (χ1n) is 8.44. The van der Waals surface area contributed by atoms with E-state index in [0.29, 0.717) is 10.9 Å². The fourth-order valence-electron chi connectivity index (χ4n) is 3.21. The topological polar surface area (TPSA) is 82.8 Å². The maximum absolute atomic E-state index is 12.8. The number of ketones is 1. The first kappa shape index (κ1) is 19.3. The van der Waals surface area contributed by atoms with Gasteiger partial charge in [0.1, 0.15) is 10.5 Å². The second kappa shape index (κ2) is 7.27. The van der Waals surface area contributed by atoms with E-state index in [4.69, 9.17) is 0 Å². The van der Waals surface area contributed by atoms with Gasteiger partial charge < -0.3 is 5.32 Å². The van der Waals surface area contributed by atoms with E-state index in [1.165, 1.54) is 6.07 Å². The Morgan fingerprint density at radius 2 is 2.00 bits per heavy atom. The summed E-state index contributed by atoms with van der Waals surface area (Å²) < 4.78 is 38.5. The van der Waals surface area contributed by atoms with Crippen LogP contribution in [0.5, 0.6) is 0 Å². The van der Waals surface area contributed by atoms with E-state index in [-0.39, 0.29) is 15.7 Å². The third-order valence-corrected chi connectivity index (χ3v) is 5.89. The van der Waals surface area contributed by atoms with Gasteiger partial charge in [-0.05, 0) is 37.5 Å². The molecule has 1 aliphatic rings. The molecule has 9 heteroatoms. The van der Waals surface area contributed by atoms with Crippen molar-refractivity contribution >= 4 is 33.2 Å². The molecule has 1 fully saturated rings. The van der Waals surface area contributed by atoms with Crippen LogP contribution < -0.4 is 5.32 Å². The van der Waals surface area contributed by atoms with Gasteiger partial charge in [-0.2, -0.15) is 18.4 Å². The van der Waals surface area contributed by atoms with Crippen LogP contribution >= 0.6 is 11.3 Å². The number of amides is 1. The molecule has 1 saturated carbocycles. The number of aryl methyl sites for hydroxylation is 1. The Bertz CT molecular complexity index is 940. The number of alkyl halides is 3. The molecule has 142 valence electrons. The minimum absolute atomic E-state index is 0.0411. The highest BCUT2D eigenvalue weighted by Crippen LogP contribution is 2.35. The van der Waals surface area contributed by atoms with Gasteiger partial charge in [0, 0.05) is 11.4 Å². The van der Waals surface area contributed by atoms with Gasteiger partial charge in [-0.25, -0.2) is 4.98 Å². The number of hydrogen-bond acceptors (Lipinski definition) is 5. The van der Waals surface area contributed by atoms with E-state index in [1.807, 2.05) is 0 Å². The fraction of sp³-hybridized carbons (Fsp3) is 0.444. The summed E-state index contributed by atoms with van der Waals surface area (Å²) in [5, 5.41) is 12.5. The molecular weight excluding hydrogens is 379 g/mol. The molecule has 1 atom stereocenters. The quantitative estimate of drug-likeness (QED) is 0.626. The van der Waals surface area contributed by atoms with Crippen molar-refractivity contribution in [3.05, 3.63) is 28.3 Å². The Kier molecular flexibility index (Phi) is 5.20. The van der Waals surface area contributed by atoms with Gasteiger partial charge >= 0.3 is 6.18 Å². The van der Waals surface area contributed by atoms with Gasteiger partial charge in [-0.1, -0.05) is 12.8 Å². The molecule has 1 N–H and O–H groups in total. The number of thiophene rings is 1. The molecule has 0 saturated heterocycles. The molecule has 2 aromatic heterocycles. The SMILES string of the molecule is Cc1c(C(=O)C(C#N)C(=O)NC2CCCC2)sc2nc(C(F)(F)F)ccc12. The first-order chi connectivity index (χ1) is 12.7. The summed E-state index contributed by atoms with van der Waals surface area (Å²) in [5.74, 6) is -2.89. The van der Waals surface area contributed by atoms with E-state index in [2.05, 4.69) is 10.3 Å². The average Bonchev–Trinajstić information content (AvgIpc) is 3.22. The van der Waals surface area contributed by atoms with Gasteiger partial charge in [0.2, 0.25) is 5.91 Å². The molecule has 5 nitrogen and oxygen atoms in total. The lowest BCUT2D eigenvalue weighted by molar-refractivity contribution is -0.141. The Balaban J connectivity index is 1.90. The van der Waals surface area contributed by atoms with Crippen LogP contribution in [0.25, 0.3) is 10.2 Å². The lowest BCUT2D eigenvalue weighted by atomic mass is 10.00. The fourth-order valence-corrected chi connectivity index (χ4v) is 4.36. The monoisotopic (exact) mass is 395 g/mol. The molecule has 0 radical (unpaired) electrons. The highest BCUT2D eigenvalue weighted by atomic mass is 32.1. The Hall–Kier alpha value is -2.47. The second-order valence-corrected chi connectivity index (χ2v) is 7.52. The molecule has 1 aliphatic carbocycles. The smallest absolute Gasteiger partial charge is 0.352 e. The third-order valence-electron chi connectivity index (χ3n) is 4.67. The number of rotatable bonds is 4. The number of Topliss-reactive ketones (excluding diaryl/α,β-unsaturated/α-hetero) is 1. The van der Waals surface area contributed by atoms with Crippen LogP contribution in [0, 0.1) is 24.2 Å². The van der Waals surface area contributed by atoms with Gasteiger partial charge in [0.05, 0.1) is 10.9 Å². The van der Waals surface area contributed by atoms with Crippen LogP contribution in [0.15, 0.2) is 12.1 Å². The number of nitrogens with one attached hydrogen (secondary N) is 1. The van der Waals surface area contributed by atoms with E-state index >= 15 is 0 Å². The summed E-state index contributed by atoms with van der Waals surface area (Å²) in [6.45, 7) is 1.57. The largest absolute Gasteiger partial charge is 0.433 e. The zero-order chi connectivity index (χ0) is 19.8. The molecule has 0 aromatic carbocycles. The predicted molar refractivity (Wildman–Crippen MR) is 93.2 cm³/mol. The van der Waals surface area contributed by atoms with Crippen molar-refractivity contribution in [3.8, 4) is 6.07 Å². The molecule has 0 bridgehead atoms. The van der Waals surface area contributed by atoms with Crippen LogP contribution in [0.1, 0.15) is 46.6 Å². The van der Waals surface area contributed by atoms with Gasteiger partial charge in [-0.15, -0.1) is 11.3 Å². The molecule has 1 amide bonds. The van der Waals surface area contributed by atoms with Crippen LogP contribution in [0.4, 0.5) is 13.2 Å². The highest BCUT2D eigenvalue weighted by Gasteiger charge is 2.35. The number of hydrogen-bond donors (Lipinski definition) is 1. The average molecular weight is 395 g/mol. The van der Waals surface area contributed by atoms with Gasteiger partial charge in [0.25, 0.3) is 0 Å². The zero-order valence-corrected chi connectivity index (χ0v) is 15.2. The molecule has 1 unspecified atom stereocenters. The number of nitrogens with zero attached hydrogens (tertiary/aromatic N) is 2. The second-order valence-electron chi connectivity index (χ2n) is 6.52. The van der Waals surface area contributed by atoms with Crippen LogP contribution in [-0.2, 0) is 11.0 Å². The van der Waals surface area contributed by atoms with E-state index < -0.39 is 29.5 Å². The molecule has 0 aliphatic heterocycles. The van der Waals surface area contributed by atoms with Crippen molar-refractivity contribution in [1.29, 1.82) is 5.26 Å². The van der Waals surface area contributed by atoms with E-state index in [0.717, 1.165) is 43.1 Å². The van der Waals surface area contributed by atoms with Gasteiger partial charge in [0.15, 0.2) is 11.7 Å². The maximum atomic E-state index is 12.8. The predicted octanol–water partition coefficient (Wildman–Crippen LogP) is 4.00. The number of nitriles is 1. The summed E-state index contributed by atoms with van der Waals surface area (Å²) >= 11 is 0.774. The number of fused-ring (bicyclic) bond motifs is 1. The maximum Gasteiger partial charge on any atom is 0.433 e. The van der Waals surface area contributed by atoms with Crippen LogP contribution in [0.3, 0.4) is 0 Å². The van der Waals surface area contributed by atoms with Crippen molar-refractivity contribution in [2.45, 2.75) is 44.8 Å². The van der Waals surface area contributed by atoms with Gasteiger partial charge in [-0.3, -0.25) is 9.59 Å². The van der Waals surface area contributed by atoms with Crippen molar-refractivity contribution in [3.63, 3.8) is 0 Å². The normalized spacial score (nSPS) is 16.3. The summed E-state index contributed by atoms with van der Waals surface area (Å²) in [4.78, 5) is 28.8. The third kappa shape index (κ3) is 3.81. The molecule has 2 heterocycles. The van der Waals surface area contributed by atoms with Crippen LogP contribution in [0.2, 0.25) is 0 Å². The molecule has 3 rings (SSSR count). The van der Waals surface area contributed by atoms with E-state index in [1.54, 1.807) is 13.0 Å². The minimum Gasteiger partial charge on any atom is -0.352 e. The standard InChI is InChI=1S/C18H16F3N3O2S/c1-9-11-6-7-13(18(19,20)21)24-17(11)27-15(9)14(25)12(8-22)16(26)23-10-4-2-3-5-10/h6-7,10,12H,2-5H2,1H3,(H,23,26). The number of aromatic nitrogens is 1. The summed E-state index contributed by atoms with van der Waals surface area (Å²) in [7, 11) is 0. The number of pyridine rings is 1. The molecular formula is C18H16F3N3O2S. The summed E-state index contributed by atoms with van der Waals surface area (Å²) in [6, 6.07) is 3.79. The van der Waals surface area contributed by atoms with Crippen molar-refractivity contribution in [2.75, 3.05) is 0 Å². The minimum atomic E-state index is -4.59. The summed E-state index contributed by atoms with van der Waals surface area (Å²) in [5.41, 5.74) is -0.624. The lowest BCUT2D eigenvalue weighted by Crippen LogP contribution is -2.39. The first-order valence-corrected chi connectivity index (χ1v) is 9.25. The van der Waals surface area contributed by atoms with Crippen molar-refractivity contribution in [1.82, 2.24) is 10.3 Å². The highest BCUT2D eigenvalue weighted by molar-refractivity contribution is 7.20. The summed E-state index contributed by atoms with van der Waals surface area (Å²) in [6.07, 6.45) is -1.00. The molecule has 27 heavy (non-hydrogen) atoms. The molecule has 2 aromatic rings. The Morgan fingerprint density at radius 3 is 2.59 bits per heavy atom. The van der Waals surface area contributed by atoms with Crippen molar-refractivity contribution < 1.29 is 22.8 Å².